The van der Waals surface area contributed by atoms with Gasteiger partial charge in [0.15, 0.2) is 0 Å². The average Bonchev–Trinajstić information content (AvgIpc) is 2.71. The van der Waals surface area contributed by atoms with E-state index < -0.39 is 0 Å². The van der Waals surface area contributed by atoms with E-state index in [1.54, 1.807) is 12.1 Å². The van der Waals surface area contributed by atoms with E-state index in [-0.39, 0.29) is 16.5 Å². The minimum absolute atomic E-state index is 0.149. The van der Waals surface area contributed by atoms with Gasteiger partial charge in [-0.1, -0.05) is 36.4 Å². The number of nitro groups is 1. The van der Waals surface area contributed by atoms with Crippen molar-refractivity contribution >= 4 is 5.69 Å². The van der Waals surface area contributed by atoms with Crippen LogP contribution < -0.4 is 0 Å². The lowest BCUT2D eigenvalue weighted by Gasteiger charge is -2.04. The topological polar surface area (TPSA) is 43.1 Å². The lowest BCUT2D eigenvalue weighted by atomic mass is 10.0. The van der Waals surface area contributed by atoms with Crippen molar-refractivity contribution in [3.63, 3.8) is 0 Å². The zero-order chi connectivity index (χ0) is 9.97. The summed E-state index contributed by atoms with van der Waals surface area (Å²) < 4.78 is 0. The maximum absolute atomic E-state index is 10.5. The molecular formula is C11H9NO2. The van der Waals surface area contributed by atoms with Crippen LogP contribution in [-0.4, -0.2) is 4.92 Å². The summed E-state index contributed by atoms with van der Waals surface area (Å²) >= 11 is 0. The Bertz CT molecular complexity index is 409. The number of rotatable bonds is 2. The smallest absolute Gasteiger partial charge is 0.258 e. The third-order valence-corrected chi connectivity index (χ3v) is 2.21. The van der Waals surface area contributed by atoms with Gasteiger partial charge in [0.25, 0.3) is 5.69 Å². The molecule has 0 bridgehead atoms. The fourth-order valence-corrected chi connectivity index (χ4v) is 1.50. The first-order valence-corrected chi connectivity index (χ1v) is 4.37. The highest BCUT2D eigenvalue weighted by atomic mass is 16.6. The van der Waals surface area contributed by atoms with Crippen molar-refractivity contribution < 1.29 is 4.92 Å². The molecule has 0 amide bonds. The molecule has 1 aromatic carbocycles. The first kappa shape index (κ1) is 8.69. The van der Waals surface area contributed by atoms with Gasteiger partial charge in [-0.05, 0) is 5.56 Å². The van der Waals surface area contributed by atoms with Crippen molar-refractivity contribution in [3.05, 3.63) is 64.2 Å². The second kappa shape index (κ2) is 3.46. The van der Waals surface area contributed by atoms with Gasteiger partial charge >= 0.3 is 0 Å². The maximum Gasteiger partial charge on any atom is 0.269 e. The molecule has 0 saturated carbocycles. The van der Waals surface area contributed by atoms with Crippen LogP contribution in [0.5, 0.6) is 0 Å². The molecule has 0 atom stereocenters. The van der Waals surface area contributed by atoms with Gasteiger partial charge in [-0.25, -0.2) is 0 Å². The van der Waals surface area contributed by atoms with Crippen LogP contribution in [0, 0.1) is 10.1 Å². The van der Waals surface area contributed by atoms with Crippen LogP contribution in [0.4, 0.5) is 5.69 Å². The maximum atomic E-state index is 10.5. The predicted octanol–water partition coefficient (Wildman–Crippen LogP) is 2.80. The van der Waals surface area contributed by atoms with Crippen LogP contribution in [0.25, 0.3) is 0 Å². The Morgan fingerprint density at radius 2 is 1.93 bits per heavy atom. The first-order chi connectivity index (χ1) is 6.77. The summed E-state index contributed by atoms with van der Waals surface area (Å²) in [6.07, 6.45) is 7.92. The van der Waals surface area contributed by atoms with Gasteiger partial charge in [0, 0.05) is 18.1 Å². The predicted molar refractivity (Wildman–Crippen MR) is 54.1 cm³/mol. The zero-order valence-electron chi connectivity index (χ0n) is 7.46. The average molecular weight is 187 g/mol. The molecule has 1 aliphatic carbocycles. The van der Waals surface area contributed by atoms with E-state index in [0.29, 0.717) is 0 Å². The molecule has 0 aromatic heterocycles. The molecule has 1 aliphatic rings. The number of hydrogen-bond acceptors (Lipinski definition) is 2. The number of benzene rings is 1. The second-order valence-corrected chi connectivity index (χ2v) is 3.15. The van der Waals surface area contributed by atoms with Crippen molar-refractivity contribution in [1.29, 1.82) is 0 Å². The molecule has 0 N–H and O–H groups in total. The molecule has 3 heteroatoms. The summed E-state index contributed by atoms with van der Waals surface area (Å²) in [7, 11) is 0. The summed E-state index contributed by atoms with van der Waals surface area (Å²) in [6, 6.07) is 6.74. The van der Waals surface area contributed by atoms with Gasteiger partial charge in [-0.3, -0.25) is 10.1 Å². The van der Waals surface area contributed by atoms with Gasteiger partial charge in [-0.2, -0.15) is 0 Å². The number of allylic oxidation sites excluding steroid dienone is 4. The molecule has 0 fully saturated rings. The molecule has 0 spiro atoms. The highest BCUT2D eigenvalue weighted by Crippen LogP contribution is 2.25. The van der Waals surface area contributed by atoms with Gasteiger partial charge in [-0.15, -0.1) is 0 Å². The minimum atomic E-state index is -0.369. The Hall–Kier alpha value is -1.90. The highest BCUT2D eigenvalue weighted by molar-refractivity contribution is 5.41. The Labute approximate surface area is 81.5 Å². The normalized spacial score (nSPS) is 14.9. The van der Waals surface area contributed by atoms with Crippen molar-refractivity contribution in [2.45, 2.75) is 5.92 Å². The molecule has 1 aromatic rings. The standard InChI is InChI=1S/C11H9NO2/c13-12(14)11-7-3-6-10(8-11)9-4-1-2-5-9/h1-9H. The van der Waals surface area contributed by atoms with E-state index in [2.05, 4.69) is 0 Å². The first-order valence-electron chi connectivity index (χ1n) is 4.37. The molecule has 14 heavy (non-hydrogen) atoms. The molecule has 70 valence electrons. The Balaban J connectivity index is 2.35. The van der Waals surface area contributed by atoms with E-state index in [4.69, 9.17) is 0 Å². The van der Waals surface area contributed by atoms with Crippen molar-refractivity contribution in [2.75, 3.05) is 0 Å². The SMILES string of the molecule is O=[N+]([O-])c1cccc(C2C=CC=C2)c1. The summed E-state index contributed by atoms with van der Waals surface area (Å²) in [5, 5.41) is 10.5. The minimum Gasteiger partial charge on any atom is -0.258 e. The van der Waals surface area contributed by atoms with Gasteiger partial charge in [0.05, 0.1) is 4.92 Å². The van der Waals surface area contributed by atoms with Crippen LogP contribution in [0.15, 0.2) is 48.6 Å². The highest BCUT2D eigenvalue weighted by Gasteiger charge is 2.11. The van der Waals surface area contributed by atoms with E-state index in [1.807, 2.05) is 30.4 Å². The van der Waals surface area contributed by atoms with Crippen molar-refractivity contribution in [1.82, 2.24) is 0 Å². The fourth-order valence-electron chi connectivity index (χ4n) is 1.50. The van der Waals surface area contributed by atoms with Gasteiger partial charge in [0.2, 0.25) is 0 Å². The molecule has 0 unspecified atom stereocenters. The summed E-state index contributed by atoms with van der Waals surface area (Å²) in [6.45, 7) is 0. The van der Waals surface area contributed by atoms with Crippen LogP contribution in [-0.2, 0) is 0 Å². The number of nitrogens with zero attached hydrogens (tertiary/aromatic N) is 1. The van der Waals surface area contributed by atoms with E-state index in [1.165, 1.54) is 6.07 Å². The zero-order valence-corrected chi connectivity index (χ0v) is 7.46. The summed E-state index contributed by atoms with van der Waals surface area (Å²) in [5.41, 5.74) is 1.11. The molecule has 0 saturated heterocycles. The number of nitro benzene ring substituents is 1. The number of non-ortho nitro benzene ring substituents is 1. The molecule has 0 aliphatic heterocycles. The van der Waals surface area contributed by atoms with Crippen LogP contribution in [0.2, 0.25) is 0 Å². The Morgan fingerprint density at radius 3 is 2.57 bits per heavy atom. The molecule has 0 radical (unpaired) electrons. The van der Waals surface area contributed by atoms with Crippen molar-refractivity contribution in [2.24, 2.45) is 0 Å². The van der Waals surface area contributed by atoms with E-state index >= 15 is 0 Å². The fraction of sp³-hybridized carbons (Fsp3) is 0.0909. The van der Waals surface area contributed by atoms with Gasteiger partial charge < -0.3 is 0 Å². The van der Waals surface area contributed by atoms with Crippen LogP contribution in [0.3, 0.4) is 0 Å². The molecule has 3 nitrogen and oxygen atoms in total. The van der Waals surface area contributed by atoms with Crippen molar-refractivity contribution in [3.8, 4) is 0 Å². The molecular weight excluding hydrogens is 178 g/mol. The third-order valence-electron chi connectivity index (χ3n) is 2.21. The largest absolute Gasteiger partial charge is 0.269 e. The van der Waals surface area contributed by atoms with Crippen LogP contribution in [0.1, 0.15) is 11.5 Å². The summed E-state index contributed by atoms with van der Waals surface area (Å²) in [5.74, 6) is 0.190. The molecule has 0 heterocycles. The van der Waals surface area contributed by atoms with Crippen LogP contribution >= 0.6 is 0 Å². The lowest BCUT2D eigenvalue weighted by Crippen LogP contribution is -1.92. The van der Waals surface area contributed by atoms with Gasteiger partial charge in [0.1, 0.15) is 0 Å². The second-order valence-electron chi connectivity index (χ2n) is 3.15. The monoisotopic (exact) mass is 187 g/mol. The van der Waals surface area contributed by atoms with E-state index in [9.17, 15) is 10.1 Å². The van der Waals surface area contributed by atoms with E-state index in [0.717, 1.165) is 5.56 Å². The molecule has 2 rings (SSSR count). The number of hydrogen-bond donors (Lipinski definition) is 0. The Kier molecular flexibility index (Phi) is 2.14. The lowest BCUT2D eigenvalue weighted by molar-refractivity contribution is -0.384. The summed E-state index contributed by atoms with van der Waals surface area (Å²) in [4.78, 5) is 10.2. The third kappa shape index (κ3) is 1.57. The Morgan fingerprint density at radius 1 is 1.21 bits per heavy atom. The quantitative estimate of drug-likeness (QED) is 0.527.